The first kappa shape index (κ1) is 34.3. The molecule has 0 atom stereocenters. The molecule has 0 aromatic carbocycles. The molecule has 0 aliphatic carbocycles. The van der Waals surface area contributed by atoms with E-state index in [0.717, 1.165) is 0 Å². The molecule has 0 aliphatic heterocycles. The van der Waals surface area contributed by atoms with Gasteiger partial charge in [-0.2, -0.15) is 0 Å². The Labute approximate surface area is 186 Å². The topological polar surface area (TPSA) is 247 Å². The molecule has 0 bridgehead atoms. The van der Waals surface area contributed by atoms with Gasteiger partial charge < -0.3 is 60.7 Å². The largest absolute Gasteiger partial charge is 3.00 e. The number of nitrogens with two attached hydrogens (primary N) is 1. The molecule has 12 nitrogen and oxygen atoms in total. The first-order valence-corrected chi connectivity index (χ1v) is 4.97. The number of aliphatic carboxylic acids is 3. The summed E-state index contributed by atoms with van der Waals surface area (Å²) in [6, 6.07) is 0. The number of carboxylic acids is 3. The molecule has 0 aliphatic rings. The van der Waals surface area contributed by atoms with Crippen LogP contribution in [0.4, 0.5) is 4.79 Å². The molecule has 0 aromatic heterocycles. The van der Waals surface area contributed by atoms with E-state index in [2.05, 4.69) is 0 Å². The second kappa shape index (κ2) is 20.0. The minimum Gasteiger partial charge on any atom is -0.565 e. The number of carboxylic acid groups (broad SMARTS) is 5. The van der Waals surface area contributed by atoms with Gasteiger partial charge in [-0.1, -0.05) is 0 Å². The number of rotatable bonds is 6. The van der Waals surface area contributed by atoms with Crippen molar-refractivity contribution >= 4 is 24.1 Å². The molecule has 23 heavy (non-hydrogen) atoms. The molecule has 0 rings (SSSR count). The molecular weight excluding hydrogens is 461 g/mol. The predicted octanol–water partition coefficient (Wildman–Crippen LogP) is -10.4. The number of hydrogen-bond acceptors (Lipinski definition) is 11. The summed E-state index contributed by atoms with van der Waals surface area (Å²) in [5.41, 5.74) is 1.80. The Morgan fingerprint density at radius 2 is 1.17 bits per heavy atom. The van der Waals surface area contributed by atoms with Crippen molar-refractivity contribution < 1.29 is 126 Å². The Hall–Kier alpha value is -0.0634. The molecule has 0 saturated heterocycles. The Kier molecular flexibility index (Phi) is 29.8. The van der Waals surface area contributed by atoms with Crippen molar-refractivity contribution in [1.29, 1.82) is 0 Å². The van der Waals surface area contributed by atoms with Gasteiger partial charge in [-0.3, -0.25) is 0 Å². The van der Waals surface area contributed by atoms with E-state index in [1.807, 2.05) is 0 Å². The van der Waals surface area contributed by atoms with Gasteiger partial charge in [-0.25, -0.2) is 0 Å². The van der Waals surface area contributed by atoms with Crippen LogP contribution in [0.2, 0.25) is 0 Å². The maximum Gasteiger partial charge on any atom is 3.00 e. The molecule has 0 saturated carbocycles. The van der Waals surface area contributed by atoms with Gasteiger partial charge in [-0.15, -0.1) is 0 Å². The third-order valence-electron chi connectivity index (χ3n) is 1.38. The quantitative estimate of drug-likeness (QED) is 0.262. The molecule has 0 unspecified atom stereocenters. The first-order valence-electron chi connectivity index (χ1n) is 4.97. The molecule has 14 heteroatoms. The summed E-state index contributed by atoms with van der Waals surface area (Å²) < 4.78 is 0. The zero-order valence-corrected chi connectivity index (χ0v) is 17.2. The number of carbonyl (C=O) groups is 4. The van der Waals surface area contributed by atoms with Crippen LogP contribution >= 0.6 is 0 Å². The van der Waals surface area contributed by atoms with Crippen molar-refractivity contribution in [2.45, 2.75) is 18.4 Å². The van der Waals surface area contributed by atoms with Crippen LogP contribution < -0.4 is 55.7 Å². The Morgan fingerprint density at radius 3 is 1.26 bits per heavy atom. The molecule has 0 fully saturated rings. The van der Waals surface area contributed by atoms with Crippen LogP contribution in [0.15, 0.2) is 0 Å². The molecule has 0 spiro atoms. The van der Waals surface area contributed by atoms with Crippen molar-refractivity contribution in [2.24, 2.45) is 5.73 Å². The van der Waals surface area contributed by atoms with E-state index in [9.17, 15) is 29.7 Å². The first-order chi connectivity index (χ1) is 9.42. The van der Waals surface area contributed by atoms with E-state index >= 15 is 0 Å². The smallest absolute Gasteiger partial charge is 0.565 e. The fraction of sp³-hybridized carbons (Fsp3) is 0.556. The summed E-state index contributed by atoms with van der Waals surface area (Å²) in [6.45, 7) is 0.472. The van der Waals surface area contributed by atoms with Crippen molar-refractivity contribution in [3.63, 3.8) is 0 Å². The van der Waals surface area contributed by atoms with Crippen molar-refractivity contribution in [2.75, 3.05) is 13.2 Å². The van der Waals surface area contributed by atoms with E-state index in [1.165, 1.54) is 0 Å². The van der Waals surface area contributed by atoms with Crippen molar-refractivity contribution in [1.82, 2.24) is 0 Å². The summed E-state index contributed by atoms with van der Waals surface area (Å²) >= 11 is 0. The molecule has 0 aromatic rings. The molecule has 1 radical (unpaired) electrons. The SMILES string of the molecule is NCCO.O=C([O-])CC(O)(CC(=O)[O-])C(=O)[O-].O=C([O-])O.[Ce+3].[Na+]. The van der Waals surface area contributed by atoms with Crippen molar-refractivity contribution in [3.8, 4) is 0 Å². The van der Waals surface area contributed by atoms with E-state index in [4.69, 9.17) is 31.0 Å². The van der Waals surface area contributed by atoms with Crippen LogP contribution in [-0.4, -0.2) is 58.1 Å². The normalized spacial score (nSPS) is 8.48. The van der Waals surface area contributed by atoms with Gasteiger partial charge in [0.25, 0.3) is 0 Å². The van der Waals surface area contributed by atoms with Gasteiger partial charge in [0.2, 0.25) is 6.16 Å². The Morgan fingerprint density at radius 1 is 0.957 bits per heavy atom. The average Bonchev–Trinajstić information content (AvgIpc) is 2.26. The number of aliphatic hydroxyl groups excluding tert-OH is 1. The van der Waals surface area contributed by atoms with Crippen LogP contribution in [0, 0.1) is 41.7 Å². The second-order valence-corrected chi connectivity index (χ2v) is 3.19. The predicted molar refractivity (Wildman–Crippen MR) is 53.4 cm³/mol. The zero-order valence-electron chi connectivity index (χ0n) is 12.0. The van der Waals surface area contributed by atoms with Gasteiger partial charge in [0.1, 0.15) is 5.60 Å². The average molecular weight is 474 g/mol. The third kappa shape index (κ3) is 30.4. The number of aliphatic hydroxyl groups is 2. The minimum atomic E-state index is -2.97. The van der Waals surface area contributed by atoms with Crippen molar-refractivity contribution in [3.05, 3.63) is 0 Å². The molecule has 125 valence electrons. The summed E-state index contributed by atoms with van der Waals surface area (Å²) in [6.07, 6.45) is -4.80. The van der Waals surface area contributed by atoms with E-state index in [-0.39, 0.29) is 77.9 Å². The summed E-state index contributed by atoms with van der Waals surface area (Å²) in [7, 11) is 0. The zero-order chi connectivity index (χ0) is 17.6. The Bertz CT molecular complexity index is 343. The second-order valence-electron chi connectivity index (χ2n) is 3.19. The third-order valence-corrected chi connectivity index (χ3v) is 1.38. The monoisotopic (exact) mass is 474 g/mol. The van der Waals surface area contributed by atoms with Gasteiger partial charge in [-0.05, 0) is 0 Å². The van der Waals surface area contributed by atoms with Crippen LogP contribution in [0.1, 0.15) is 12.8 Å². The van der Waals surface area contributed by atoms with Gasteiger partial charge >= 0.3 is 71.3 Å². The van der Waals surface area contributed by atoms with Crippen LogP contribution in [0.25, 0.3) is 0 Å². The summed E-state index contributed by atoms with van der Waals surface area (Å²) in [4.78, 5) is 38.4. The van der Waals surface area contributed by atoms with Crippen LogP contribution in [0.5, 0.6) is 0 Å². The fourth-order valence-electron chi connectivity index (χ4n) is 0.684. The maximum absolute atomic E-state index is 10.1. The van der Waals surface area contributed by atoms with E-state index in [1.54, 1.807) is 0 Å². The van der Waals surface area contributed by atoms with Crippen LogP contribution in [0.3, 0.4) is 0 Å². The van der Waals surface area contributed by atoms with Gasteiger partial charge in [0.05, 0.1) is 12.6 Å². The van der Waals surface area contributed by atoms with E-state index < -0.39 is 42.5 Å². The Balaban J connectivity index is -0.0000000909. The van der Waals surface area contributed by atoms with Gasteiger partial charge in [0.15, 0.2) is 0 Å². The molecule has 0 heterocycles. The maximum atomic E-state index is 10.1. The van der Waals surface area contributed by atoms with Gasteiger partial charge in [0, 0.05) is 31.3 Å². The summed E-state index contributed by atoms with van der Waals surface area (Å²) in [5.74, 6) is -5.98. The van der Waals surface area contributed by atoms with E-state index in [0.29, 0.717) is 6.54 Å². The molecule has 0 amide bonds. The fourth-order valence-corrected chi connectivity index (χ4v) is 0.684. The number of carbonyl (C=O) groups excluding carboxylic acids is 3. The van der Waals surface area contributed by atoms with Crippen LogP contribution in [-0.2, 0) is 14.4 Å². The summed E-state index contributed by atoms with van der Waals surface area (Å²) in [5, 5.41) is 62.0. The number of hydrogen-bond donors (Lipinski definition) is 4. The minimum absolute atomic E-state index is 0. The molecular formula is C9H13CeNNaO11. The molecule has 5 N–H and O–H groups in total. The standard InChI is InChI=1S/C6H8O7.C2H7NO.CH2O3.Ce.Na/c7-3(8)1-6(13,5(11)12)2-4(9)10;3-1-2-4;2-1(3)4;;/h13H,1-2H2,(H,7,8)(H,9,10)(H,11,12);4H,1-3H2;(H2,2,3,4);;/q;;;+3;+1/p-4.